The molecule has 0 atom stereocenters. The standard InChI is InChI=1S/C6H7F3N2.H3NO2S/c1-4-3-11(2)10-5(4)6(7,8)9;1-4(2)3/h3H,1-2H3;4H,(H2,1,2,3). The van der Waals surface area contributed by atoms with Gasteiger partial charge >= 0.3 is 6.18 Å². The molecule has 1 rings (SSSR count). The highest BCUT2D eigenvalue weighted by atomic mass is 32.2. The van der Waals surface area contributed by atoms with Crippen molar-refractivity contribution >= 4 is 10.9 Å². The van der Waals surface area contributed by atoms with Crippen molar-refractivity contribution < 1.29 is 21.6 Å². The summed E-state index contributed by atoms with van der Waals surface area (Å²) >= 11 is 0. The number of halogens is 3. The first kappa shape index (κ1) is 13.9. The molecule has 1 aromatic rings. The summed E-state index contributed by atoms with van der Waals surface area (Å²) in [6.45, 7) is 1.38. The van der Waals surface area contributed by atoms with Crippen LogP contribution in [0.25, 0.3) is 0 Å². The summed E-state index contributed by atoms with van der Waals surface area (Å²) in [5.41, 5.74) is -0.653. The Bertz CT molecular complexity index is 389. The molecule has 0 saturated heterocycles. The summed E-state index contributed by atoms with van der Waals surface area (Å²) in [5.74, 6) is 0. The molecule has 0 aliphatic rings. The number of rotatable bonds is 0. The van der Waals surface area contributed by atoms with E-state index in [0.29, 0.717) is 0 Å². The molecule has 88 valence electrons. The third-order valence-electron chi connectivity index (χ3n) is 1.28. The smallest absolute Gasteiger partial charge is 0.275 e. The Morgan fingerprint density at radius 3 is 2.00 bits per heavy atom. The fraction of sp³-hybridized carbons (Fsp3) is 0.500. The number of nitrogens with two attached hydrogens (primary N) is 1. The Labute approximate surface area is 85.8 Å². The zero-order valence-corrected chi connectivity index (χ0v) is 8.84. The van der Waals surface area contributed by atoms with E-state index in [1.165, 1.54) is 20.2 Å². The van der Waals surface area contributed by atoms with Crippen LogP contribution in [0.3, 0.4) is 0 Å². The number of hydrogen-bond acceptors (Lipinski definition) is 3. The lowest BCUT2D eigenvalue weighted by Gasteiger charge is -2.01. The molecule has 2 N–H and O–H groups in total. The minimum Gasteiger partial charge on any atom is -0.275 e. The molecule has 5 nitrogen and oxygen atoms in total. The quantitative estimate of drug-likeness (QED) is 0.642. The molecule has 0 aliphatic carbocycles. The molecule has 0 unspecified atom stereocenters. The maximum Gasteiger partial charge on any atom is 0.435 e. The second-order valence-electron chi connectivity index (χ2n) is 2.62. The van der Waals surface area contributed by atoms with Crippen molar-refractivity contribution in [3.05, 3.63) is 17.5 Å². The highest BCUT2D eigenvalue weighted by Gasteiger charge is 2.35. The summed E-state index contributed by atoms with van der Waals surface area (Å²) in [4.78, 5) is 0. The minimum atomic E-state index is -4.33. The molecular formula is C6H10F3N3O2S. The van der Waals surface area contributed by atoms with Crippen molar-refractivity contribution in [3.8, 4) is 0 Å². The normalized spacial score (nSPS) is 11.1. The van der Waals surface area contributed by atoms with Crippen LogP contribution in [0.15, 0.2) is 6.20 Å². The third kappa shape index (κ3) is 5.37. The minimum absolute atomic E-state index is 0.153. The molecule has 9 heteroatoms. The van der Waals surface area contributed by atoms with Crippen molar-refractivity contribution in [2.45, 2.75) is 13.1 Å². The summed E-state index contributed by atoms with van der Waals surface area (Å²) in [6.07, 6.45) is -2.99. The Morgan fingerprint density at radius 1 is 1.47 bits per heavy atom. The predicted octanol–water partition coefficient (Wildman–Crippen LogP) is 0.219. The predicted molar refractivity (Wildman–Crippen MR) is 47.4 cm³/mol. The number of nitrogens with zero attached hydrogens (tertiary/aromatic N) is 2. The molecule has 0 fully saturated rings. The first-order valence-electron chi connectivity index (χ1n) is 3.61. The fourth-order valence-electron chi connectivity index (χ4n) is 0.887. The summed E-state index contributed by atoms with van der Waals surface area (Å²) in [5, 5.41) is 7.34. The van der Waals surface area contributed by atoms with Gasteiger partial charge in [-0.1, -0.05) is 0 Å². The fourth-order valence-corrected chi connectivity index (χ4v) is 0.887. The highest BCUT2D eigenvalue weighted by Crippen LogP contribution is 2.29. The molecule has 15 heavy (non-hydrogen) atoms. The second-order valence-corrected chi connectivity index (χ2v) is 3.19. The number of hydrogen-bond donors (Lipinski definition) is 2. The Hall–Kier alpha value is -1.09. The average Bonchev–Trinajstić information content (AvgIpc) is 2.26. The van der Waals surface area contributed by atoms with Gasteiger partial charge < -0.3 is 0 Å². The van der Waals surface area contributed by atoms with Crippen molar-refractivity contribution in [1.29, 1.82) is 0 Å². The molecule has 0 spiro atoms. The van der Waals surface area contributed by atoms with Gasteiger partial charge in [-0.3, -0.25) is 4.68 Å². The number of aromatic nitrogens is 2. The lowest BCUT2D eigenvalue weighted by molar-refractivity contribution is -0.141. The van der Waals surface area contributed by atoms with Gasteiger partial charge in [-0.15, -0.1) is 0 Å². The van der Waals surface area contributed by atoms with E-state index in [-0.39, 0.29) is 5.56 Å². The van der Waals surface area contributed by atoms with Crippen LogP contribution in [0.4, 0.5) is 13.2 Å². The van der Waals surface area contributed by atoms with E-state index in [1.807, 2.05) is 0 Å². The van der Waals surface area contributed by atoms with Crippen molar-refractivity contribution in [2.75, 3.05) is 0 Å². The Balaban J connectivity index is 0.000000423. The number of thiol groups is 1. The molecule has 1 aromatic heterocycles. The molecular weight excluding hydrogens is 235 g/mol. The lowest BCUT2D eigenvalue weighted by Crippen LogP contribution is -2.08. The van der Waals surface area contributed by atoms with Crippen LogP contribution in [0.5, 0.6) is 0 Å². The number of aryl methyl sites for hydroxylation is 2. The van der Waals surface area contributed by atoms with Crippen LogP contribution < -0.4 is 5.14 Å². The van der Waals surface area contributed by atoms with Gasteiger partial charge in [0.25, 0.3) is 0 Å². The van der Waals surface area contributed by atoms with Gasteiger partial charge in [-0.25, -0.2) is 13.6 Å². The van der Waals surface area contributed by atoms with E-state index in [9.17, 15) is 13.2 Å². The molecule has 0 saturated carbocycles. The molecule has 0 aromatic carbocycles. The van der Waals surface area contributed by atoms with Gasteiger partial charge in [-0.2, -0.15) is 18.3 Å². The SMILES string of the molecule is Cc1cn(C)nc1C(F)(F)F.N[SH](=O)=O. The number of alkyl halides is 3. The topological polar surface area (TPSA) is 78.0 Å². The zero-order valence-electron chi connectivity index (χ0n) is 7.95. The maximum absolute atomic E-state index is 12.0. The van der Waals surface area contributed by atoms with E-state index >= 15 is 0 Å². The van der Waals surface area contributed by atoms with Gasteiger partial charge in [0.1, 0.15) is 0 Å². The lowest BCUT2D eigenvalue weighted by atomic mass is 10.3. The largest absolute Gasteiger partial charge is 0.435 e. The molecule has 0 amide bonds. The molecule has 1 heterocycles. The van der Waals surface area contributed by atoms with E-state index in [1.54, 1.807) is 0 Å². The van der Waals surface area contributed by atoms with E-state index in [2.05, 4.69) is 10.2 Å². The average molecular weight is 245 g/mol. The van der Waals surface area contributed by atoms with Crippen LogP contribution in [0, 0.1) is 6.92 Å². The van der Waals surface area contributed by atoms with Gasteiger partial charge in [-0.05, 0) is 12.5 Å². The monoisotopic (exact) mass is 245 g/mol. The summed E-state index contributed by atoms with van der Waals surface area (Å²) in [6, 6.07) is 0. The first-order valence-corrected chi connectivity index (χ1v) is 4.85. The van der Waals surface area contributed by atoms with Crippen molar-refractivity contribution in [2.24, 2.45) is 12.2 Å². The second kappa shape index (κ2) is 5.12. The van der Waals surface area contributed by atoms with E-state index in [4.69, 9.17) is 8.42 Å². The van der Waals surface area contributed by atoms with Crippen LogP contribution in [-0.4, -0.2) is 18.2 Å². The summed E-state index contributed by atoms with van der Waals surface area (Å²) in [7, 11) is -1.16. The highest BCUT2D eigenvalue weighted by molar-refractivity contribution is 7.69. The molecule has 0 bridgehead atoms. The van der Waals surface area contributed by atoms with Gasteiger partial charge in [0.05, 0.1) is 0 Å². The summed E-state index contributed by atoms with van der Waals surface area (Å²) < 4.78 is 54.7. The van der Waals surface area contributed by atoms with Gasteiger partial charge in [0.2, 0.25) is 0 Å². The van der Waals surface area contributed by atoms with Crippen LogP contribution in [0.2, 0.25) is 0 Å². The van der Waals surface area contributed by atoms with E-state index < -0.39 is 22.8 Å². The van der Waals surface area contributed by atoms with Crippen molar-refractivity contribution in [3.63, 3.8) is 0 Å². The molecule has 0 radical (unpaired) electrons. The third-order valence-corrected chi connectivity index (χ3v) is 1.28. The van der Waals surface area contributed by atoms with Crippen LogP contribution >= 0.6 is 0 Å². The first-order chi connectivity index (χ1) is 6.64. The van der Waals surface area contributed by atoms with Gasteiger partial charge in [0, 0.05) is 13.2 Å². The molecule has 0 aliphatic heterocycles. The maximum atomic E-state index is 12.0. The van der Waals surface area contributed by atoms with Crippen LogP contribution in [0.1, 0.15) is 11.3 Å². The Kier molecular flexibility index (Phi) is 4.75. The van der Waals surface area contributed by atoms with Crippen LogP contribution in [-0.2, 0) is 24.1 Å². The van der Waals surface area contributed by atoms with E-state index in [0.717, 1.165) is 4.68 Å². The Morgan fingerprint density at radius 2 is 1.87 bits per heavy atom. The zero-order chi connectivity index (χ0) is 12.2. The van der Waals surface area contributed by atoms with Gasteiger partial charge in [0.15, 0.2) is 16.6 Å². The van der Waals surface area contributed by atoms with Crippen molar-refractivity contribution in [1.82, 2.24) is 9.78 Å².